The molecule has 0 saturated heterocycles. The van der Waals surface area contributed by atoms with Crippen molar-refractivity contribution in [2.75, 3.05) is 7.11 Å². The van der Waals surface area contributed by atoms with Crippen LogP contribution < -0.4 is 4.74 Å². The van der Waals surface area contributed by atoms with E-state index in [2.05, 4.69) is 5.10 Å². The Labute approximate surface area is 122 Å². The summed E-state index contributed by atoms with van der Waals surface area (Å²) in [4.78, 5) is 12.3. The van der Waals surface area contributed by atoms with E-state index in [0.717, 1.165) is 0 Å². The Balaban J connectivity index is 2.45. The Hall–Kier alpha value is -2.16. The third kappa shape index (κ3) is 2.63. The van der Waals surface area contributed by atoms with Gasteiger partial charge in [-0.2, -0.15) is 10.1 Å². The van der Waals surface area contributed by atoms with Gasteiger partial charge in [-0.25, -0.2) is 17.6 Å². The molecule has 0 saturated carbocycles. The molecule has 1 aromatic carbocycles. The van der Waals surface area contributed by atoms with E-state index in [0.29, 0.717) is 0 Å². The highest BCUT2D eigenvalue weighted by atomic mass is 19.3. The van der Waals surface area contributed by atoms with Gasteiger partial charge in [-0.1, -0.05) is 12.1 Å². The van der Waals surface area contributed by atoms with Crippen molar-refractivity contribution in [3.8, 4) is 5.75 Å². The van der Waals surface area contributed by atoms with Crippen molar-refractivity contribution in [2.24, 2.45) is 5.10 Å². The van der Waals surface area contributed by atoms with Crippen molar-refractivity contribution in [1.82, 2.24) is 5.01 Å². The fraction of sp³-hybridized carbons (Fsp3) is 0.385. The van der Waals surface area contributed by atoms with Gasteiger partial charge in [-0.15, -0.1) is 0 Å². The highest BCUT2D eigenvalue weighted by Crippen LogP contribution is 2.35. The lowest BCUT2D eigenvalue weighted by molar-refractivity contribution is -0.164. The van der Waals surface area contributed by atoms with Crippen LogP contribution in [0.2, 0.25) is 0 Å². The average molecular weight is 320 g/mol. The Morgan fingerprint density at radius 3 is 2.55 bits per heavy atom. The number of halogens is 4. The number of amides is 1. The summed E-state index contributed by atoms with van der Waals surface area (Å²) in [6, 6.07) is 5.61. The van der Waals surface area contributed by atoms with E-state index in [-0.39, 0.29) is 16.3 Å². The second kappa shape index (κ2) is 5.91. The average Bonchev–Trinajstić information content (AvgIpc) is 2.86. The minimum absolute atomic E-state index is 0.00296. The molecule has 0 aliphatic carbocycles. The normalized spacial score (nSPS) is 21.5. The Morgan fingerprint density at radius 2 is 2.00 bits per heavy atom. The quantitative estimate of drug-likeness (QED) is 0.865. The summed E-state index contributed by atoms with van der Waals surface area (Å²) >= 11 is 0. The van der Waals surface area contributed by atoms with Crippen molar-refractivity contribution in [2.45, 2.75) is 25.0 Å². The van der Waals surface area contributed by atoms with Crippen LogP contribution in [0.3, 0.4) is 0 Å². The number of para-hydroxylation sites is 1. The summed E-state index contributed by atoms with van der Waals surface area (Å²) in [6.45, 7) is 0. The van der Waals surface area contributed by atoms with Crippen molar-refractivity contribution >= 4 is 11.6 Å². The first kappa shape index (κ1) is 16.2. The number of hydrazone groups is 1. The van der Waals surface area contributed by atoms with Crippen LogP contribution in [0.4, 0.5) is 17.6 Å². The van der Waals surface area contributed by atoms with Gasteiger partial charge in [0.15, 0.2) is 0 Å². The number of alkyl halides is 4. The van der Waals surface area contributed by atoms with Crippen LogP contribution in [0, 0.1) is 0 Å². The number of rotatable bonds is 4. The zero-order chi connectivity index (χ0) is 16.5. The topological polar surface area (TPSA) is 62.1 Å². The number of hydrogen-bond acceptors (Lipinski definition) is 4. The van der Waals surface area contributed by atoms with E-state index < -0.39 is 36.6 Å². The van der Waals surface area contributed by atoms with Crippen molar-refractivity contribution < 1.29 is 32.2 Å². The van der Waals surface area contributed by atoms with Crippen molar-refractivity contribution in [1.29, 1.82) is 0 Å². The smallest absolute Gasteiger partial charge is 0.287 e. The van der Waals surface area contributed by atoms with Crippen molar-refractivity contribution in [3.63, 3.8) is 0 Å². The molecule has 0 radical (unpaired) electrons. The summed E-state index contributed by atoms with van der Waals surface area (Å²) in [6.07, 6.45) is -7.74. The molecule has 1 aromatic rings. The zero-order valence-electron chi connectivity index (χ0n) is 11.3. The standard InChI is InChI=1S/C13H12F4N2O3/c1-22-9-5-3-2-4-7(9)11(20)19-13(21,12(16)17)6-8(18-19)10(14)15/h2-5,10,12,21H,6H2,1H3/t13-/m1/s1. The van der Waals surface area contributed by atoms with Gasteiger partial charge < -0.3 is 9.84 Å². The number of ether oxygens (including phenoxy) is 1. The molecule has 0 aromatic heterocycles. The van der Waals surface area contributed by atoms with Crippen LogP contribution in [-0.4, -0.2) is 47.4 Å². The molecular weight excluding hydrogens is 308 g/mol. The number of carbonyl (C=O) groups excluding carboxylic acids is 1. The molecule has 120 valence electrons. The number of methoxy groups -OCH3 is 1. The van der Waals surface area contributed by atoms with Gasteiger partial charge in [0, 0.05) is 6.42 Å². The first-order chi connectivity index (χ1) is 10.3. The number of benzene rings is 1. The van der Waals surface area contributed by atoms with E-state index in [4.69, 9.17) is 4.74 Å². The maximum atomic E-state index is 13.1. The summed E-state index contributed by atoms with van der Waals surface area (Å²) in [5, 5.41) is 13.1. The van der Waals surface area contributed by atoms with Crippen LogP contribution in [0.1, 0.15) is 16.8 Å². The second-order valence-corrected chi connectivity index (χ2v) is 4.57. The number of carbonyl (C=O) groups is 1. The molecule has 1 aliphatic rings. The van der Waals surface area contributed by atoms with E-state index >= 15 is 0 Å². The summed E-state index contributed by atoms with van der Waals surface area (Å²) in [5.41, 5.74) is -4.27. The summed E-state index contributed by atoms with van der Waals surface area (Å²) in [5.74, 6) is -1.11. The van der Waals surface area contributed by atoms with E-state index in [1.165, 1.54) is 31.4 Å². The maximum absolute atomic E-state index is 13.1. The predicted octanol–water partition coefficient (Wildman–Crippen LogP) is 2.12. The minimum Gasteiger partial charge on any atom is -0.496 e. The van der Waals surface area contributed by atoms with Gasteiger partial charge in [0.1, 0.15) is 11.5 Å². The van der Waals surface area contributed by atoms with E-state index in [9.17, 15) is 27.5 Å². The number of nitrogens with zero attached hydrogens (tertiary/aromatic N) is 2. The van der Waals surface area contributed by atoms with Gasteiger partial charge >= 0.3 is 0 Å². The second-order valence-electron chi connectivity index (χ2n) is 4.57. The lowest BCUT2D eigenvalue weighted by atomic mass is 10.1. The lowest BCUT2D eigenvalue weighted by Crippen LogP contribution is -2.51. The predicted molar refractivity (Wildman–Crippen MR) is 68.2 cm³/mol. The fourth-order valence-corrected chi connectivity index (χ4v) is 2.04. The molecule has 1 amide bonds. The van der Waals surface area contributed by atoms with Crippen LogP contribution >= 0.6 is 0 Å². The minimum atomic E-state index is -3.47. The molecule has 0 unspecified atom stereocenters. The van der Waals surface area contributed by atoms with Crippen LogP contribution in [-0.2, 0) is 0 Å². The molecule has 2 rings (SSSR count). The van der Waals surface area contributed by atoms with Gasteiger partial charge in [0.05, 0.1) is 12.7 Å². The fourth-order valence-electron chi connectivity index (χ4n) is 2.04. The molecule has 1 heterocycles. The molecule has 22 heavy (non-hydrogen) atoms. The van der Waals surface area contributed by atoms with Crippen LogP contribution in [0.5, 0.6) is 5.75 Å². The first-order valence-corrected chi connectivity index (χ1v) is 6.15. The molecule has 1 atom stereocenters. The highest BCUT2D eigenvalue weighted by molar-refractivity contribution is 6.00. The summed E-state index contributed by atoms with van der Waals surface area (Å²) in [7, 11) is 1.25. The molecule has 1 N–H and O–H groups in total. The van der Waals surface area contributed by atoms with Gasteiger partial charge in [0.2, 0.25) is 5.72 Å². The first-order valence-electron chi connectivity index (χ1n) is 6.15. The van der Waals surface area contributed by atoms with Gasteiger partial charge in [-0.05, 0) is 12.1 Å². The van der Waals surface area contributed by atoms with Crippen LogP contribution in [0.15, 0.2) is 29.4 Å². The molecule has 0 spiro atoms. The third-order valence-electron chi connectivity index (χ3n) is 3.17. The molecule has 0 bridgehead atoms. The Morgan fingerprint density at radius 1 is 1.36 bits per heavy atom. The molecular formula is C13H12F4N2O3. The molecule has 9 heteroatoms. The number of hydrogen-bond donors (Lipinski definition) is 1. The molecule has 5 nitrogen and oxygen atoms in total. The SMILES string of the molecule is COc1ccccc1C(=O)N1N=C(C(F)F)C[C@@]1(O)C(F)F. The largest absolute Gasteiger partial charge is 0.496 e. The molecule has 1 aliphatic heterocycles. The van der Waals surface area contributed by atoms with Crippen molar-refractivity contribution in [3.05, 3.63) is 29.8 Å². The van der Waals surface area contributed by atoms with E-state index in [1.807, 2.05) is 0 Å². The van der Waals surface area contributed by atoms with Gasteiger partial charge in [-0.3, -0.25) is 4.79 Å². The number of aliphatic hydroxyl groups is 1. The maximum Gasteiger partial charge on any atom is 0.287 e. The van der Waals surface area contributed by atoms with Gasteiger partial charge in [0.25, 0.3) is 18.8 Å². The Bertz CT molecular complexity index is 609. The van der Waals surface area contributed by atoms with Crippen LogP contribution in [0.25, 0.3) is 0 Å². The van der Waals surface area contributed by atoms with E-state index in [1.54, 1.807) is 0 Å². The lowest BCUT2D eigenvalue weighted by Gasteiger charge is -2.30. The highest BCUT2D eigenvalue weighted by Gasteiger charge is 2.53. The summed E-state index contributed by atoms with van der Waals surface area (Å²) < 4.78 is 56.4. The molecule has 0 fully saturated rings. The monoisotopic (exact) mass is 320 g/mol. The zero-order valence-corrected chi connectivity index (χ0v) is 11.3. The Kier molecular flexibility index (Phi) is 4.36. The third-order valence-corrected chi connectivity index (χ3v) is 3.17.